The average molecular weight is 945 g/mol. The van der Waals surface area contributed by atoms with Crippen LogP contribution >= 0.6 is 0 Å². The van der Waals surface area contributed by atoms with Crippen LogP contribution in [0.4, 0.5) is 0 Å². The number of nitrogens with one attached hydrogen (secondary N) is 1. The third kappa shape index (κ3) is 53.5. The van der Waals surface area contributed by atoms with E-state index in [-0.39, 0.29) is 18.5 Å². The van der Waals surface area contributed by atoms with Crippen molar-refractivity contribution in [3.05, 3.63) is 24.3 Å². The summed E-state index contributed by atoms with van der Waals surface area (Å²) in [6, 6.07) is -0.640. The van der Waals surface area contributed by atoms with E-state index >= 15 is 0 Å². The summed E-state index contributed by atoms with van der Waals surface area (Å²) < 4.78 is 5.48. The Labute approximate surface area is 418 Å². The highest BCUT2D eigenvalue weighted by Crippen LogP contribution is 2.17. The first-order valence-electron chi connectivity index (χ1n) is 30.1. The Hall–Kier alpha value is -1.66. The molecule has 0 saturated heterocycles. The molecule has 0 heterocycles. The number of allylic oxidation sites excluding steroid dienone is 3. The lowest BCUT2D eigenvalue weighted by Gasteiger charge is -2.20. The molecule has 2 unspecified atom stereocenters. The minimum atomic E-state index is -0.855. The Morgan fingerprint density at radius 2 is 0.701 bits per heavy atom. The predicted molar refractivity (Wildman–Crippen MR) is 292 cm³/mol. The first-order chi connectivity index (χ1) is 33.0. The fraction of sp³-hybridized carbons (Fsp3) is 0.902. The molecule has 0 rings (SSSR count). The van der Waals surface area contributed by atoms with Crippen molar-refractivity contribution >= 4 is 11.9 Å². The molecule has 0 aliphatic carbocycles. The molecule has 396 valence electrons. The molecule has 3 N–H and O–H groups in total. The summed E-state index contributed by atoms with van der Waals surface area (Å²) in [6.45, 7) is 4.90. The zero-order valence-electron chi connectivity index (χ0n) is 45.1. The lowest BCUT2D eigenvalue weighted by atomic mass is 10.0. The van der Waals surface area contributed by atoms with Crippen LogP contribution < -0.4 is 5.32 Å². The summed E-state index contributed by atoms with van der Waals surface area (Å²) in [7, 11) is 0. The standard InChI is InChI=1S/C61H117NO5/c1-3-5-7-9-11-13-15-17-19-21-25-29-33-37-41-45-49-53-59(64)58(57-63)62-60(65)54-50-46-42-38-34-30-26-23-24-28-32-36-40-44-48-52-56-67-61(66)55-51-47-43-39-35-31-27-22-20-18-16-14-12-10-8-6-4-2/h23,26,49,53,58-59,63-64H,3-22,24-25,27-48,50-52,54-57H2,1-2H3,(H,62,65)/b26-23-,53-49+. The van der Waals surface area contributed by atoms with Gasteiger partial charge in [-0.25, -0.2) is 0 Å². The van der Waals surface area contributed by atoms with Crippen molar-refractivity contribution in [2.24, 2.45) is 0 Å². The van der Waals surface area contributed by atoms with Gasteiger partial charge in [-0.2, -0.15) is 0 Å². The van der Waals surface area contributed by atoms with Gasteiger partial charge in [0.2, 0.25) is 5.91 Å². The van der Waals surface area contributed by atoms with Gasteiger partial charge in [-0.05, 0) is 57.8 Å². The summed E-state index contributed by atoms with van der Waals surface area (Å²) in [5.74, 6) is -0.0825. The number of rotatable bonds is 56. The van der Waals surface area contributed by atoms with Crippen molar-refractivity contribution < 1.29 is 24.5 Å². The number of carbonyl (C=O) groups excluding carboxylic acids is 2. The van der Waals surface area contributed by atoms with E-state index in [0.29, 0.717) is 19.4 Å². The van der Waals surface area contributed by atoms with Gasteiger partial charge in [0.25, 0.3) is 0 Å². The monoisotopic (exact) mass is 944 g/mol. The summed E-state index contributed by atoms with van der Waals surface area (Å²) in [6.07, 6.45) is 69.2. The smallest absolute Gasteiger partial charge is 0.305 e. The number of aliphatic hydroxyl groups excluding tert-OH is 2. The topological polar surface area (TPSA) is 95.9 Å². The molecule has 0 saturated carbocycles. The van der Waals surface area contributed by atoms with Crippen molar-refractivity contribution in [3.63, 3.8) is 0 Å². The molecule has 6 nitrogen and oxygen atoms in total. The Balaban J connectivity index is 3.47. The number of esters is 1. The molecule has 67 heavy (non-hydrogen) atoms. The van der Waals surface area contributed by atoms with E-state index in [2.05, 4.69) is 31.3 Å². The van der Waals surface area contributed by atoms with Crippen LogP contribution in [0.3, 0.4) is 0 Å². The molecule has 1 amide bonds. The molecule has 0 radical (unpaired) electrons. The van der Waals surface area contributed by atoms with Crippen LogP contribution in [0.2, 0.25) is 0 Å². The van der Waals surface area contributed by atoms with Crippen molar-refractivity contribution in [2.45, 2.75) is 341 Å². The maximum atomic E-state index is 12.5. The fourth-order valence-electron chi connectivity index (χ4n) is 9.34. The number of carbonyl (C=O) groups is 2. The molecule has 0 aromatic carbocycles. The van der Waals surface area contributed by atoms with E-state index in [1.807, 2.05) is 6.08 Å². The van der Waals surface area contributed by atoms with Crippen LogP contribution in [0.15, 0.2) is 24.3 Å². The van der Waals surface area contributed by atoms with Gasteiger partial charge in [0.15, 0.2) is 0 Å². The van der Waals surface area contributed by atoms with Gasteiger partial charge in [0.05, 0.1) is 25.4 Å². The molecular formula is C61H117NO5. The van der Waals surface area contributed by atoms with E-state index in [9.17, 15) is 19.8 Å². The van der Waals surface area contributed by atoms with Crippen LogP contribution in [-0.2, 0) is 14.3 Å². The quantitative estimate of drug-likeness (QED) is 0.0321. The van der Waals surface area contributed by atoms with Gasteiger partial charge in [0.1, 0.15) is 0 Å². The van der Waals surface area contributed by atoms with E-state index in [4.69, 9.17) is 4.74 Å². The second kappa shape index (κ2) is 56.9. The molecular weight excluding hydrogens is 827 g/mol. The summed E-state index contributed by atoms with van der Waals surface area (Å²) >= 11 is 0. The molecule has 0 aliphatic heterocycles. The average Bonchev–Trinajstić information content (AvgIpc) is 3.33. The molecule has 0 aromatic heterocycles. The van der Waals surface area contributed by atoms with Crippen LogP contribution in [0.5, 0.6) is 0 Å². The van der Waals surface area contributed by atoms with E-state index in [1.54, 1.807) is 6.08 Å². The lowest BCUT2D eigenvalue weighted by molar-refractivity contribution is -0.143. The Morgan fingerprint density at radius 3 is 1.06 bits per heavy atom. The van der Waals surface area contributed by atoms with Gasteiger partial charge in [-0.1, -0.05) is 282 Å². The zero-order chi connectivity index (χ0) is 48.6. The SMILES string of the molecule is CCCCCCCCCCCCCCCCC/C=C/C(O)C(CO)NC(=O)CCCCCCC/C=C\CCCCCCCCCOC(=O)CCCCCCCCCCCCCCCCCCC. The van der Waals surface area contributed by atoms with Gasteiger partial charge < -0.3 is 20.3 Å². The third-order valence-electron chi connectivity index (χ3n) is 14.0. The van der Waals surface area contributed by atoms with Crippen molar-refractivity contribution in [3.8, 4) is 0 Å². The molecule has 0 spiro atoms. The van der Waals surface area contributed by atoms with Crippen molar-refractivity contribution in [1.82, 2.24) is 5.32 Å². The number of hydrogen-bond donors (Lipinski definition) is 3. The highest BCUT2D eigenvalue weighted by atomic mass is 16.5. The van der Waals surface area contributed by atoms with Crippen LogP contribution in [-0.4, -0.2) is 47.4 Å². The highest BCUT2D eigenvalue weighted by molar-refractivity contribution is 5.76. The van der Waals surface area contributed by atoms with Gasteiger partial charge in [-0.15, -0.1) is 0 Å². The van der Waals surface area contributed by atoms with Gasteiger partial charge in [-0.3, -0.25) is 9.59 Å². The summed E-state index contributed by atoms with van der Waals surface area (Å²) in [4.78, 5) is 24.5. The third-order valence-corrected chi connectivity index (χ3v) is 14.0. The molecule has 0 fully saturated rings. The number of amides is 1. The van der Waals surface area contributed by atoms with Gasteiger partial charge >= 0.3 is 5.97 Å². The minimum Gasteiger partial charge on any atom is -0.466 e. The Bertz CT molecular complexity index is 1040. The lowest BCUT2D eigenvalue weighted by Crippen LogP contribution is -2.45. The number of hydrogen-bond acceptors (Lipinski definition) is 5. The van der Waals surface area contributed by atoms with Crippen LogP contribution in [0.1, 0.15) is 328 Å². The zero-order valence-corrected chi connectivity index (χ0v) is 45.1. The number of ether oxygens (including phenoxy) is 1. The second-order valence-electron chi connectivity index (χ2n) is 20.7. The molecule has 0 aliphatic rings. The predicted octanol–water partition coefficient (Wildman–Crippen LogP) is 18.6. The Kier molecular flexibility index (Phi) is 55.5. The highest BCUT2D eigenvalue weighted by Gasteiger charge is 2.18. The van der Waals surface area contributed by atoms with Crippen LogP contribution in [0.25, 0.3) is 0 Å². The first-order valence-corrected chi connectivity index (χ1v) is 30.1. The molecule has 0 bridgehead atoms. The molecule has 6 heteroatoms. The Morgan fingerprint density at radius 1 is 0.403 bits per heavy atom. The van der Waals surface area contributed by atoms with Crippen molar-refractivity contribution in [1.29, 1.82) is 0 Å². The summed E-state index contributed by atoms with van der Waals surface area (Å²) in [5, 5.41) is 23.1. The maximum absolute atomic E-state index is 12.5. The van der Waals surface area contributed by atoms with E-state index in [0.717, 1.165) is 64.2 Å². The van der Waals surface area contributed by atoms with Crippen LogP contribution in [0, 0.1) is 0 Å². The number of aliphatic hydroxyl groups is 2. The second-order valence-corrected chi connectivity index (χ2v) is 20.7. The van der Waals surface area contributed by atoms with E-state index in [1.165, 1.54) is 238 Å². The van der Waals surface area contributed by atoms with Crippen molar-refractivity contribution in [2.75, 3.05) is 13.2 Å². The normalized spacial score (nSPS) is 12.7. The molecule has 2 atom stereocenters. The first kappa shape index (κ1) is 65.3. The van der Waals surface area contributed by atoms with Gasteiger partial charge in [0, 0.05) is 12.8 Å². The summed E-state index contributed by atoms with van der Waals surface area (Å²) in [5.41, 5.74) is 0. The fourth-order valence-corrected chi connectivity index (χ4v) is 9.34. The molecule has 0 aromatic rings. The maximum Gasteiger partial charge on any atom is 0.305 e. The minimum absolute atomic E-state index is 0.000425. The number of unbranched alkanes of at least 4 members (excludes halogenated alkanes) is 43. The van der Waals surface area contributed by atoms with E-state index < -0.39 is 12.1 Å². The largest absolute Gasteiger partial charge is 0.466 e.